The van der Waals surface area contributed by atoms with E-state index in [1.165, 1.54) is 19.2 Å². The Morgan fingerprint density at radius 2 is 1.70 bits per heavy atom. The first kappa shape index (κ1) is 14.3. The molecule has 6 nitrogen and oxygen atoms in total. The normalized spacial score (nSPS) is 16.0. The Kier molecular flexibility index (Phi) is 4.24. The van der Waals surface area contributed by atoms with Gasteiger partial charge in [0.05, 0.1) is 12.7 Å². The van der Waals surface area contributed by atoms with Crippen molar-refractivity contribution in [1.29, 1.82) is 0 Å². The summed E-state index contributed by atoms with van der Waals surface area (Å²) < 4.78 is 4.66. The van der Waals surface area contributed by atoms with Gasteiger partial charge in [0, 0.05) is 37.4 Å². The van der Waals surface area contributed by atoms with E-state index in [0.29, 0.717) is 29.9 Å². The number of benzene rings is 1. The van der Waals surface area contributed by atoms with E-state index in [1.807, 2.05) is 7.05 Å². The van der Waals surface area contributed by atoms with Crippen LogP contribution in [0, 0.1) is 0 Å². The number of hydrogen-bond donors (Lipinski definition) is 1. The van der Waals surface area contributed by atoms with Gasteiger partial charge in [0.2, 0.25) is 0 Å². The molecule has 1 saturated heterocycles. The minimum absolute atomic E-state index is 0.101. The average Bonchev–Trinajstić information content (AvgIpc) is 2.45. The molecule has 1 aromatic rings. The molecule has 1 heterocycles. The first-order chi connectivity index (χ1) is 9.51. The summed E-state index contributed by atoms with van der Waals surface area (Å²) in [5.74, 6) is -0.597. The van der Waals surface area contributed by atoms with Crippen molar-refractivity contribution in [3.05, 3.63) is 29.3 Å². The van der Waals surface area contributed by atoms with Crippen molar-refractivity contribution in [3.8, 4) is 0 Å². The van der Waals surface area contributed by atoms with Gasteiger partial charge in [-0.3, -0.25) is 4.79 Å². The maximum atomic E-state index is 12.4. The van der Waals surface area contributed by atoms with Crippen molar-refractivity contribution in [2.45, 2.75) is 0 Å². The summed E-state index contributed by atoms with van der Waals surface area (Å²) >= 11 is 0. The largest absolute Gasteiger partial charge is 0.465 e. The molecule has 108 valence electrons. The lowest BCUT2D eigenvalue weighted by molar-refractivity contribution is 0.0600. The number of piperazine rings is 1. The van der Waals surface area contributed by atoms with Crippen molar-refractivity contribution in [2.24, 2.45) is 0 Å². The first-order valence-corrected chi connectivity index (χ1v) is 6.48. The van der Waals surface area contributed by atoms with Gasteiger partial charge >= 0.3 is 5.97 Å². The van der Waals surface area contributed by atoms with Gasteiger partial charge < -0.3 is 20.3 Å². The van der Waals surface area contributed by atoms with Crippen LogP contribution in [0.1, 0.15) is 20.7 Å². The molecular formula is C14H19N3O3. The van der Waals surface area contributed by atoms with Crippen molar-refractivity contribution < 1.29 is 14.3 Å². The number of nitrogen functional groups attached to an aromatic ring is 1. The highest BCUT2D eigenvalue weighted by atomic mass is 16.5. The predicted molar refractivity (Wildman–Crippen MR) is 75.6 cm³/mol. The smallest absolute Gasteiger partial charge is 0.337 e. The maximum absolute atomic E-state index is 12.4. The minimum atomic E-state index is -0.496. The van der Waals surface area contributed by atoms with Crippen LogP contribution >= 0.6 is 0 Å². The number of likely N-dealkylation sites (N-methyl/N-ethyl adjacent to an activating group) is 1. The van der Waals surface area contributed by atoms with E-state index in [4.69, 9.17) is 5.73 Å². The van der Waals surface area contributed by atoms with Crippen LogP contribution in [0.2, 0.25) is 0 Å². The molecule has 0 aromatic heterocycles. The third kappa shape index (κ3) is 3.08. The number of hydrogen-bond acceptors (Lipinski definition) is 5. The van der Waals surface area contributed by atoms with Crippen LogP contribution in [-0.4, -0.2) is 62.0 Å². The molecule has 0 radical (unpaired) electrons. The van der Waals surface area contributed by atoms with Crippen molar-refractivity contribution in [2.75, 3.05) is 46.1 Å². The van der Waals surface area contributed by atoms with Crippen LogP contribution in [-0.2, 0) is 4.74 Å². The van der Waals surface area contributed by atoms with Gasteiger partial charge in [0.15, 0.2) is 0 Å². The first-order valence-electron chi connectivity index (χ1n) is 6.48. The lowest BCUT2D eigenvalue weighted by Gasteiger charge is -2.32. The molecule has 0 unspecified atom stereocenters. The molecule has 0 aliphatic carbocycles. The van der Waals surface area contributed by atoms with E-state index in [2.05, 4.69) is 9.64 Å². The minimum Gasteiger partial charge on any atom is -0.465 e. The topological polar surface area (TPSA) is 75.9 Å². The van der Waals surface area contributed by atoms with Crippen molar-refractivity contribution in [1.82, 2.24) is 9.80 Å². The quantitative estimate of drug-likeness (QED) is 0.627. The van der Waals surface area contributed by atoms with Gasteiger partial charge in [-0.05, 0) is 25.2 Å². The molecule has 1 aliphatic rings. The number of nitrogens with two attached hydrogens (primary N) is 1. The zero-order valence-electron chi connectivity index (χ0n) is 11.8. The Morgan fingerprint density at radius 1 is 1.10 bits per heavy atom. The van der Waals surface area contributed by atoms with E-state index in [0.717, 1.165) is 13.1 Å². The fourth-order valence-electron chi connectivity index (χ4n) is 2.20. The summed E-state index contributed by atoms with van der Waals surface area (Å²) in [6.45, 7) is 3.05. The third-order valence-electron chi connectivity index (χ3n) is 3.41. The number of anilines is 1. The number of amides is 1. The van der Waals surface area contributed by atoms with Crippen molar-refractivity contribution in [3.63, 3.8) is 0 Å². The molecule has 1 fully saturated rings. The van der Waals surface area contributed by atoms with E-state index >= 15 is 0 Å². The van der Waals surface area contributed by atoms with Crippen LogP contribution < -0.4 is 5.73 Å². The Labute approximate surface area is 118 Å². The molecular weight excluding hydrogens is 258 g/mol. The molecule has 6 heteroatoms. The molecule has 20 heavy (non-hydrogen) atoms. The monoisotopic (exact) mass is 277 g/mol. The van der Waals surface area contributed by atoms with Crippen LogP contribution in [0.25, 0.3) is 0 Å². The number of carbonyl (C=O) groups excluding carboxylic acids is 2. The van der Waals surface area contributed by atoms with Gasteiger partial charge in [0.1, 0.15) is 0 Å². The van der Waals surface area contributed by atoms with Gasteiger partial charge in [-0.2, -0.15) is 0 Å². The summed E-state index contributed by atoms with van der Waals surface area (Å²) in [6, 6.07) is 4.63. The highest BCUT2D eigenvalue weighted by Gasteiger charge is 2.21. The molecule has 2 rings (SSSR count). The summed E-state index contributed by atoms with van der Waals surface area (Å²) in [5, 5.41) is 0. The van der Waals surface area contributed by atoms with E-state index in [-0.39, 0.29) is 5.91 Å². The van der Waals surface area contributed by atoms with E-state index < -0.39 is 5.97 Å². The second-order valence-electron chi connectivity index (χ2n) is 4.93. The number of esters is 1. The molecule has 0 atom stereocenters. The summed E-state index contributed by atoms with van der Waals surface area (Å²) in [6.07, 6.45) is 0. The predicted octanol–water partition coefficient (Wildman–Crippen LogP) is 0.443. The van der Waals surface area contributed by atoms with Gasteiger partial charge in [0.25, 0.3) is 5.91 Å². The maximum Gasteiger partial charge on any atom is 0.337 e. The van der Waals surface area contributed by atoms with Gasteiger partial charge in [-0.1, -0.05) is 0 Å². The Morgan fingerprint density at radius 3 is 2.30 bits per heavy atom. The molecule has 1 aliphatic heterocycles. The third-order valence-corrected chi connectivity index (χ3v) is 3.41. The molecule has 0 saturated carbocycles. The zero-order chi connectivity index (χ0) is 14.7. The molecule has 1 amide bonds. The Bertz CT molecular complexity index is 522. The van der Waals surface area contributed by atoms with E-state index in [9.17, 15) is 9.59 Å². The summed E-state index contributed by atoms with van der Waals surface area (Å²) in [7, 11) is 3.32. The van der Waals surface area contributed by atoms with Crippen LogP contribution in [0.15, 0.2) is 18.2 Å². The molecule has 0 bridgehead atoms. The van der Waals surface area contributed by atoms with Gasteiger partial charge in [-0.25, -0.2) is 4.79 Å². The van der Waals surface area contributed by atoms with Crippen LogP contribution in [0.4, 0.5) is 5.69 Å². The Balaban J connectivity index is 2.21. The second-order valence-corrected chi connectivity index (χ2v) is 4.93. The van der Waals surface area contributed by atoms with E-state index in [1.54, 1.807) is 11.0 Å². The fourth-order valence-corrected chi connectivity index (χ4v) is 2.20. The number of rotatable bonds is 2. The Hall–Kier alpha value is -2.08. The van der Waals surface area contributed by atoms with Crippen LogP contribution in [0.3, 0.4) is 0 Å². The highest BCUT2D eigenvalue weighted by Crippen LogP contribution is 2.16. The highest BCUT2D eigenvalue weighted by molar-refractivity contribution is 5.99. The summed E-state index contributed by atoms with van der Waals surface area (Å²) in [4.78, 5) is 27.9. The number of carbonyl (C=O) groups is 2. The van der Waals surface area contributed by atoms with Crippen LogP contribution in [0.5, 0.6) is 0 Å². The summed E-state index contributed by atoms with van der Waals surface area (Å²) in [5.41, 5.74) is 6.86. The standard InChI is InChI=1S/C14H19N3O3/c1-16-3-5-17(6-4-16)13(18)10-7-11(14(19)20-2)9-12(15)8-10/h7-9H,3-6,15H2,1-2H3. The number of methoxy groups -OCH3 is 1. The second kappa shape index (κ2) is 5.92. The van der Waals surface area contributed by atoms with Gasteiger partial charge in [-0.15, -0.1) is 0 Å². The number of nitrogens with zero attached hydrogens (tertiary/aromatic N) is 2. The number of ether oxygens (including phenoxy) is 1. The molecule has 0 spiro atoms. The lowest BCUT2D eigenvalue weighted by atomic mass is 10.1. The SMILES string of the molecule is COC(=O)c1cc(N)cc(C(=O)N2CCN(C)CC2)c1. The molecule has 2 N–H and O–H groups in total. The zero-order valence-corrected chi connectivity index (χ0v) is 11.8. The average molecular weight is 277 g/mol. The molecule has 1 aromatic carbocycles. The lowest BCUT2D eigenvalue weighted by Crippen LogP contribution is -2.47. The van der Waals surface area contributed by atoms with Crippen molar-refractivity contribution >= 4 is 17.6 Å². The fraction of sp³-hybridized carbons (Fsp3) is 0.429.